The highest BCUT2D eigenvalue weighted by Gasteiger charge is 2.19. The summed E-state index contributed by atoms with van der Waals surface area (Å²) in [6.45, 7) is 2.28. The van der Waals surface area contributed by atoms with Crippen LogP contribution in [-0.2, 0) is 11.3 Å². The summed E-state index contributed by atoms with van der Waals surface area (Å²) in [5, 5.41) is 2.72. The average Bonchev–Trinajstić information content (AvgIpc) is 2.30. The fourth-order valence-electron chi connectivity index (χ4n) is 1.44. The number of imide groups is 1. The van der Waals surface area contributed by atoms with Gasteiger partial charge in [0, 0.05) is 11.6 Å². The standard InChI is InChI=1S/C12H16ClN3O2/c1-8(11(17)15-12(14)18)16(2)7-9-3-5-10(13)6-4-9/h3-6,8H,7H2,1-2H3,(H3,14,15,17,18)/t8-/m0/s1. The van der Waals surface area contributed by atoms with Crippen LogP contribution in [0.25, 0.3) is 0 Å². The molecule has 0 saturated carbocycles. The van der Waals surface area contributed by atoms with Gasteiger partial charge in [0.25, 0.3) is 0 Å². The van der Waals surface area contributed by atoms with Crippen molar-refractivity contribution in [3.05, 3.63) is 34.9 Å². The lowest BCUT2D eigenvalue weighted by atomic mass is 10.2. The topological polar surface area (TPSA) is 75.4 Å². The zero-order chi connectivity index (χ0) is 13.7. The number of carbonyl (C=O) groups is 2. The predicted molar refractivity (Wildman–Crippen MR) is 70.1 cm³/mol. The predicted octanol–water partition coefficient (Wildman–Crippen LogP) is 1.36. The summed E-state index contributed by atoms with van der Waals surface area (Å²) in [6.07, 6.45) is 0. The van der Waals surface area contributed by atoms with E-state index in [1.54, 1.807) is 26.1 Å². The van der Waals surface area contributed by atoms with E-state index in [1.807, 2.05) is 17.0 Å². The number of amides is 3. The molecule has 5 nitrogen and oxygen atoms in total. The van der Waals surface area contributed by atoms with E-state index in [-0.39, 0.29) is 0 Å². The van der Waals surface area contributed by atoms with E-state index in [1.165, 1.54) is 0 Å². The number of hydrogen-bond acceptors (Lipinski definition) is 3. The van der Waals surface area contributed by atoms with E-state index in [9.17, 15) is 9.59 Å². The summed E-state index contributed by atoms with van der Waals surface area (Å²) in [5.74, 6) is -0.418. The summed E-state index contributed by atoms with van der Waals surface area (Å²) in [6, 6.07) is 6.06. The number of likely N-dealkylation sites (N-methyl/N-ethyl adjacent to an activating group) is 1. The van der Waals surface area contributed by atoms with Crippen molar-refractivity contribution < 1.29 is 9.59 Å². The molecule has 0 aliphatic heterocycles. The quantitative estimate of drug-likeness (QED) is 0.866. The molecule has 1 aromatic carbocycles. The second-order valence-corrected chi connectivity index (χ2v) is 4.51. The number of urea groups is 1. The molecular formula is C12H16ClN3O2. The first-order valence-electron chi connectivity index (χ1n) is 5.45. The third-order valence-corrected chi connectivity index (χ3v) is 2.88. The Bertz CT molecular complexity index is 433. The molecule has 0 fully saturated rings. The fourth-order valence-corrected chi connectivity index (χ4v) is 1.57. The Balaban J connectivity index is 2.59. The van der Waals surface area contributed by atoms with E-state index in [0.717, 1.165) is 5.56 Å². The average molecular weight is 270 g/mol. The zero-order valence-corrected chi connectivity index (χ0v) is 11.1. The first kappa shape index (κ1) is 14.5. The number of carbonyl (C=O) groups excluding carboxylic acids is 2. The van der Waals surface area contributed by atoms with E-state index < -0.39 is 18.0 Å². The summed E-state index contributed by atoms with van der Waals surface area (Å²) >= 11 is 5.79. The first-order chi connectivity index (χ1) is 8.40. The monoisotopic (exact) mass is 269 g/mol. The Morgan fingerprint density at radius 1 is 1.39 bits per heavy atom. The summed E-state index contributed by atoms with van der Waals surface area (Å²) < 4.78 is 0. The van der Waals surface area contributed by atoms with Crippen LogP contribution in [0.5, 0.6) is 0 Å². The van der Waals surface area contributed by atoms with Crippen LogP contribution in [0.3, 0.4) is 0 Å². The Hall–Kier alpha value is -1.59. The van der Waals surface area contributed by atoms with Crippen LogP contribution < -0.4 is 11.1 Å². The maximum atomic E-state index is 11.6. The van der Waals surface area contributed by atoms with Crippen molar-refractivity contribution in [3.63, 3.8) is 0 Å². The minimum atomic E-state index is -0.841. The van der Waals surface area contributed by atoms with E-state index >= 15 is 0 Å². The Morgan fingerprint density at radius 3 is 2.44 bits per heavy atom. The van der Waals surface area contributed by atoms with Crippen LogP contribution in [0, 0.1) is 0 Å². The minimum Gasteiger partial charge on any atom is -0.351 e. The maximum Gasteiger partial charge on any atom is 0.318 e. The molecule has 3 N–H and O–H groups in total. The molecule has 18 heavy (non-hydrogen) atoms. The van der Waals surface area contributed by atoms with Gasteiger partial charge in [-0.1, -0.05) is 23.7 Å². The molecule has 0 aromatic heterocycles. The Morgan fingerprint density at radius 2 is 1.94 bits per heavy atom. The van der Waals surface area contributed by atoms with Crippen LogP contribution in [0.4, 0.5) is 4.79 Å². The Labute approximate surface area is 111 Å². The third-order valence-electron chi connectivity index (χ3n) is 2.63. The molecule has 0 unspecified atom stereocenters. The smallest absolute Gasteiger partial charge is 0.318 e. The van der Waals surface area contributed by atoms with E-state index in [2.05, 4.69) is 5.32 Å². The molecule has 0 aliphatic carbocycles. The van der Waals surface area contributed by atoms with Gasteiger partial charge in [0.15, 0.2) is 0 Å². The second-order valence-electron chi connectivity index (χ2n) is 4.07. The van der Waals surface area contributed by atoms with Gasteiger partial charge in [0.05, 0.1) is 6.04 Å². The number of nitrogens with one attached hydrogen (secondary N) is 1. The SMILES string of the molecule is C[C@@H](C(=O)NC(N)=O)N(C)Cc1ccc(Cl)cc1. The molecular weight excluding hydrogens is 254 g/mol. The fraction of sp³-hybridized carbons (Fsp3) is 0.333. The maximum absolute atomic E-state index is 11.6. The van der Waals surface area contributed by atoms with Gasteiger partial charge in [-0.3, -0.25) is 15.0 Å². The highest BCUT2D eigenvalue weighted by atomic mass is 35.5. The van der Waals surface area contributed by atoms with Gasteiger partial charge >= 0.3 is 6.03 Å². The lowest BCUT2D eigenvalue weighted by molar-refractivity contribution is -0.124. The van der Waals surface area contributed by atoms with Gasteiger partial charge in [-0.2, -0.15) is 0 Å². The van der Waals surface area contributed by atoms with Crippen molar-refractivity contribution in [3.8, 4) is 0 Å². The van der Waals surface area contributed by atoms with Crippen molar-refractivity contribution in [2.75, 3.05) is 7.05 Å². The summed E-state index contributed by atoms with van der Waals surface area (Å²) in [7, 11) is 1.79. The van der Waals surface area contributed by atoms with Crippen LogP contribution in [-0.4, -0.2) is 29.9 Å². The van der Waals surface area contributed by atoms with Crippen LogP contribution in [0.15, 0.2) is 24.3 Å². The number of halogens is 1. The lowest BCUT2D eigenvalue weighted by Crippen LogP contribution is -2.46. The highest BCUT2D eigenvalue weighted by Crippen LogP contribution is 2.12. The van der Waals surface area contributed by atoms with Crippen molar-refractivity contribution in [2.45, 2.75) is 19.5 Å². The Kier molecular flexibility index (Phi) is 5.12. The molecule has 3 amide bonds. The second kappa shape index (κ2) is 6.37. The molecule has 1 aromatic rings. The largest absolute Gasteiger partial charge is 0.351 e. The van der Waals surface area contributed by atoms with Gasteiger partial charge in [0.1, 0.15) is 0 Å². The number of rotatable bonds is 4. The normalized spacial score (nSPS) is 12.2. The van der Waals surface area contributed by atoms with Gasteiger partial charge < -0.3 is 5.73 Å². The van der Waals surface area contributed by atoms with Crippen LogP contribution >= 0.6 is 11.6 Å². The van der Waals surface area contributed by atoms with Gasteiger partial charge in [-0.15, -0.1) is 0 Å². The molecule has 0 aliphatic rings. The molecule has 98 valence electrons. The van der Waals surface area contributed by atoms with Gasteiger partial charge in [-0.25, -0.2) is 4.79 Å². The molecule has 6 heteroatoms. The van der Waals surface area contributed by atoms with Gasteiger partial charge in [-0.05, 0) is 31.7 Å². The third kappa shape index (κ3) is 4.35. The highest BCUT2D eigenvalue weighted by molar-refractivity contribution is 6.30. The van der Waals surface area contributed by atoms with Crippen molar-refractivity contribution in [2.24, 2.45) is 5.73 Å². The minimum absolute atomic E-state index is 0.418. The zero-order valence-electron chi connectivity index (χ0n) is 10.3. The number of benzene rings is 1. The number of hydrogen-bond donors (Lipinski definition) is 2. The van der Waals surface area contributed by atoms with Gasteiger partial charge in [0.2, 0.25) is 5.91 Å². The molecule has 0 bridgehead atoms. The first-order valence-corrected chi connectivity index (χ1v) is 5.83. The lowest BCUT2D eigenvalue weighted by Gasteiger charge is -2.23. The molecule has 0 saturated heterocycles. The number of primary amides is 1. The van der Waals surface area contributed by atoms with E-state index in [4.69, 9.17) is 17.3 Å². The molecule has 1 rings (SSSR count). The molecule has 0 radical (unpaired) electrons. The van der Waals surface area contributed by atoms with Crippen molar-refractivity contribution >= 4 is 23.5 Å². The number of nitrogens with two attached hydrogens (primary N) is 1. The van der Waals surface area contributed by atoms with Crippen molar-refractivity contribution in [1.82, 2.24) is 10.2 Å². The van der Waals surface area contributed by atoms with Crippen molar-refractivity contribution in [1.29, 1.82) is 0 Å². The molecule has 0 spiro atoms. The summed E-state index contributed by atoms with van der Waals surface area (Å²) in [5.41, 5.74) is 5.92. The molecule has 0 heterocycles. The molecule has 1 atom stereocenters. The summed E-state index contributed by atoms with van der Waals surface area (Å²) in [4.78, 5) is 24.0. The van der Waals surface area contributed by atoms with E-state index in [0.29, 0.717) is 11.6 Å². The van der Waals surface area contributed by atoms with Crippen LogP contribution in [0.2, 0.25) is 5.02 Å². The van der Waals surface area contributed by atoms with Crippen LogP contribution in [0.1, 0.15) is 12.5 Å². The number of nitrogens with zero attached hydrogens (tertiary/aromatic N) is 1.